The molecule has 0 spiro atoms. The van der Waals surface area contributed by atoms with Crippen molar-refractivity contribution in [1.82, 2.24) is 0 Å². The number of hydrogen-bond acceptors (Lipinski definition) is 6. The molecule has 1 unspecified atom stereocenters. The molecule has 0 fully saturated rings. The maximum atomic E-state index is 12.7. The summed E-state index contributed by atoms with van der Waals surface area (Å²) in [6.07, 6.45) is 55.8. The summed E-state index contributed by atoms with van der Waals surface area (Å²) in [4.78, 5) is 37.6. The van der Waals surface area contributed by atoms with Gasteiger partial charge >= 0.3 is 17.9 Å². The van der Waals surface area contributed by atoms with Crippen LogP contribution in [0, 0.1) is 0 Å². The number of ether oxygens (including phenoxy) is 3. The first-order valence-electron chi connectivity index (χ1n) is 22.6. The summed E-state index contributed by atoms with van der Waals surface area (Å²) in [5.41, 5.74) is 0. The van der Waals surface area contributed by atoms with E-state index in [1.165, 1.54) is 44.9 Å². The van der Waals surface area contributed by atoms with Crippen LogP contribution in [0.1, 0.15) is 194 Å². The molecule has 0 aromatic carbocycles. The van der Waals surface area contributed by atoms with Gasteiger partial charge in [0.15, 0.2) is 6.10 Å². The van der Waals surface area contributed by atoms with Gasteiger partial charge in [-0.3, -0.25) is 14.4 Å². The average molecular weight is 779 g/mol. The molecule has 6 heteroatoms. The van der Waals surface area contributed by atoms with Crippen molar-refractivity contribution < 1.29 is 28.6 Å². The van der Waals surface area contributed by atoms with Crippen molar-refractivity contribution in [3.63, 3.8) is 0 Å². The van der Waals surface area contributed by atoms with Crippen LogP contribution in [0.5, 0.6) is 0 Å². The zero-order valence-electron chi connectivity index (χ0n) is 36.1. The fourth-order valence-electron chi connectivity index (χ4n) is 5.75. The Labute approximate surface area is 344 Å². The summed E-state index contributed by atoms with van der Waals surface area (Å²) >= 11 is 0. The SMILES string of the molecule is CC/C=C\C/C=C\CCCCC(=O)OCC(COC(=O)CCCCCCC\C=C/C=C\C=C/CCCCCCC)OC(=O)CCCCC/C=C\C=C/CCCC. The first-order chi connectivity index (χ1) is 27.5. The molecule has 0 aromatic heterocycles. The second-order valence-electron chi connectivity index (χ2n) is 14.7. The lowest BCUT2D eigenvalue weighted by Gasteiger charge is -2.18. The van der Waals surface area contributed by atoms with Crippen molar-refractivity contribution >= 4 is 17.9 Å². The molecular weight excluding hydrogens is 697 g/mol. The maximum Gasteiger partial charge on any atom is 0.306 e. The topological polar surface area (TPSA) is 78.9 Å². The van der Waals surface area contributed by atoms with Gasteiger partial charge in [-0.1, -0.05) is 170 Å². The molecule has 0 aromatic rings. The van der Waals surface area contributed by atoms with Crippen molar-refractivity contribution in [2.45, 2.75) is 200 Å². The minimum absolute atomic E-state index is 0.110. The lowest BCUT2D eigenvalue weighted by Crippen LogP contribution is -2.30. The van der Waals surface area contributed by atoms with Gasteiger partial charge in [-0.05, 0) is 89.9 Å². The van der Waals surface area contributed by atoms with Gasteiger partial charge in [0.05, 0.1) is 0 Å². The van der Waals surface area contributed by atoms with E-state index in [9.17, 15) is 14.4 Å². The van der Waals surface area contributed by atoms with Crippen LogP contribution < -0.4 is 0 Å². The van der Waals surface area contributed by atoms with Crippen LogP contribution in [-0.2, 0) is 28.6 Å². The van der Waals surface area contributed by atoms with Crippen LogP contribution >= 0.6 is 0 Å². The van der Waals surface area contributed by atoms with Gasteiger partial charge in [-0.25, -0.2) is 0 Å². The summed E-state index contributed by atoms with van der Waals surface area (Å²) < 4.78 is 16.6. The maximum absolute atomic E-state index is 12.7. The van der Waals surface area contributed by atoms with Crippen molar-refractivity contribution in [3.8, 4) is 0 Å². The van der Waals surface area contributed by atoms with E-state index in [0.29, 0.717) is 12.8 Å². The van der Waals surface area contributed by atoms with E-state index in [-0.39, 0.29) is 37.5 Å². The molecular formula is C50H82O6. The first kappa shape index (κ1) is 52.6. The van der Waals surface area contributed by atoms with Crippen LogP contribution in [0.15, 0.2) is 85.1 Å². The highest BCUT2D eigenvalue weighted by atomic mass is 16.6. The average Bonchev–Trinajstić information content (AvgIpc) is 3.19. The molecule has 0 rings (SSSR count). The standard InChI is InChI=1S/C50H82O6/c1-4-7-10-13-16-19-21-22-23-24-25-26-27-29-31-34-37-40-43-49(52)55-46-47(45-54-48(51)42-39-36-33-30-18-15-12-9-6-3)56-50(53)44-41-38-35-32-28-20-17-14-11-8-5-2/h9,12,14,17-18,20-26,28,30,47H,4-8,10-11,13,15-16,19,27,29,31-46H2,1-3H3/b12-9-,17-14-,22-21-,24-23-,26-25-,28-20-,30-18-. The highest BCUT2D eigenvalue weighted by Gasteiger charge is 2.19. The lowest BCUT2D eigenvalue weighted by molar-refractivity contribution is -0.167. The van der Waals surface area contributed by atoms with Gasteiger partial charge in [0.2, 0.25) is 0 Å². The number of rotatable bonds is 39. The number of unbranched alkanes of at least 4 members (excludes halogenated alkanes) is 17. The molecule has 0 heterocycles. The van der Waals surface area contributed by atoms with Crippen LogP contribution in [0.25, 0.3) is 0 Å². The Bertz CT molecular complexity index is 1120. The minimum atomic E-state index is -0.809. The predicted molar refractivity (Wildman–Crippen MR) is 237 cm³/mol. The third-order valence-electron chi connectivity index (χ3n) is 9.19. The number of carbonyl (C=O) groups excluding carboxylic acids is 3. The third-order valence-corrected chi connectivity index (χ3v) is 9.19. The van der Waals surface area contributed by atoms with Crippen molar-refractivity contribution in [2.75, 3.05) is 13.2 Å². The van der Waals surface area contributed by atoms with E-state index in [0.717, 1.165) is 109 Å². The monoisotopic (exact) mass is 779 g/mol. The Balaban J connectivity index is 4.44. The van der Waals surface area contributed by atoms with Crippen LogP contribution in [0.3, 0.4) is 0 Å². The summed E-state index contributed by atoms with van der Waals surface area (Å²) in [6, 6.07) is 0. The Morgan fingerprint density at radius 1 is 0.393 bits per heavy atom. The normalized spacial score (nSPS) is 12.8. The van der Waals surface area contributed by atoms with E-state index in [4.69, 9.17) is 14.2 Å². The molecule has 6 nitrogen and oxygen atoms in total. The van der Waals surface area contributed by atoms with E-state index < -0.39 is 6.10 Å². The molecule has 0 saturated heterocycles. The number of esters is 3. The fourth-order valence-corrected chi connectivity index (χ4v) is 5.75. The van der Waals surface area contributed by atoms with E-state index in [1.54, 1.807) is 0 Å². The lowest BCUT2D eigenvalue weighted by atomic mass is 10.1. The van der Waals surface area contributed by atoms with E-state index >= 15 is 0 Å². The summed E-state index contributed by atoms with van der Waals surface area (Å²) in [6.45, 7) is 6.34. The molecule has 56 heavy (non-hydrogen) atoms. The smallest absolute Gasteiger partial charge is 0.306 e. The van der Waals surface area contributed by atoms with Crippen molar-refractivity contribution in [2.24, 2.45) is 0 Å². The van der Waals surface area contributed by atoms with Gasteiger partial charge in [0.25, 0.3) is 0 Å². The first-order valence-corrected chi connectivity index (χ1v) is 22.6. The quantitative estimate of drug-likeness (QED) is 0.0203. The van der Waals surface area contributed by atoms with Gasteiger partial charge in [-0.2, -0.15) is 0 Å². The van der Waals surface area contributed by atoms with Crippen molar-refractivity contribution in [3.05, 3.63) is 85.1 Å². The van der Waals surface area contributed by atoms with E-state index in [1.807, 2.05) is 0 Å². The molecule has 0 saturated carbocycles. The highest BCUT2D eigenvalue weighted by molar-refractivity contribution is 5.71. The molecule has 0 aliphatic rings. The van der Waals surface area contributed by atoms with Gasteiger partial charge < -0.3 is 14.2 Å². The van der Waals surface area contributed by atoms with Gasteiger partial charge in [0.1, 0.15) is 13.2 Å². The Morgan fingerprint density at radius 2 is 0.786 bits per heavy atom. The van der Waals surface area contributed by atoms with Gasteiger partial charge in [-0.15, -0.1) is 0 Å². The van der Waals surface area contributed by atoms with Crippen molar-refractivity contribution in [1.29, 1.82) is 0 Å². The summed E-state index contributed by atoms with van der Waals surface area (Å²) in [5, 5.41) is 0. The number of hydrogen-bond donors (Lipinski definition) is 0. The molecule has 0 amide bonds. The molecule has 0 bridgehead atoms. The summed E-state index contributed by atoms with van der Waals surface area (Å²) in [5.74, 6) is -1.00. The Hall–Kier alpha value is -3.41. The minimum Gasteiger partial charge on any atom is -0.462 e. The van der Waals surface area contributed by atoms with Crippen LogP contribution in [-0.4, -0.2) is 37.2 Å². The highest BCUT2D eigenvalue weighted by Crippen LogP contribution is 2.11. The second-order valence-corrected chi connectivity index (χ2v) is 14.7. The predicted octanol–water partition coefficient (Wildman–Crippen LogP) is 14.5. The zero-order chi connectivity index (χ0) is 40.8. The number of allylic oxidation sites excluding steroid dienone is 14. The number of carbonyl (C=O) groups is 3. The van der Waals surface area contributed by atoms with Crippen LogP contribution in [0.2, 0.25) is 0 Å². The molecule has 0 aliphatic heterocycles. The molecule has 318 valence electrons. The third kappa shape index (κ3) is 41.7. The molecule has 1 atom stereocenters. The summed E-state index contributed by atoms with van der Waals surface area (Å²) in [7, 11) is 0. The largest absolute Gasteiger partial charge is 0.462 e. The molecule has 0 radical (unpaired) electrons. The zero-order valence-corrected chi connectivity index (χ0v) is 36.1. The van der Waals surface area contributed by atoms with Crippen LogP contribution in [0.4, 0.5) is 0 Å². The van der Waals surface area contributed by atoms with Gasteiger partial charge in [0, 0.05) is 19.3 Å². The molecule has 0 N–H and O–H groups in total. The van der Waals surface area contributed by atoms with E-state index in [2.05, 4.69) is 106 Å². The Morgan fingerprint density at radius 3 is 1.34 bits per heavy atom. The molecule has 0 aliphatic carbocycles. The Kier molecular flexibility index (Phi) is 41.6. The fraction of sp³-hybridized carbons (Fsp3) is 0.660. The second kappa shape index (κ2) is 44.3.